The second-order valence-electron chi connectivity index (χ2n) is 31.9. The largest absolute Gasteiger partial charge is 0.444 e. The number of hydrogen-bond donors (Lipinski definition) is 8. The van der Waals surface area contributed by atoms with E-state index in [0.29, 0.717) is 89.0 Å². The Morgan fingerprint density at radius 2 is 1.08 bits per heavy atom. The Hall–Kier alpha value is -9.66. The van der Waals surface area contributed by atoms with E-state index in [9.17, 15) is 28.8 Å². The molecule has 598 valence electrons. The first-order valence-corrected chi connectivity index (χ1v) is 40.6. The second-order valence-corrected chi connectivity index (χ2v) is 31.9. The number of hydrogen-bond acceptors (Lipinski definition) is 18. The summed E-state index contributed by atoms with van der Waals surface area (Å²) in [5.74, 6) is -0.963. The minimum Gasteiger partial charge on any atom is -0.444 e. The van der Waals surface area contributed by atoms with Gasteiger partial charge in [0.2, 0.25) is 23.6 Å². The molecule has 2 aliphatic carbocycles. The number of fused-ring (bicyclic) bond motifs is 2. The lowest BCUT2D eigenvalue weighted by atomic mass is 9.96. The third-order valence-corrected chi connectivity index (χ3v) is 22.6. The molecule has 0 bridgehead atoms. The Kier molecular flexibility index (Phi) is 26.9. The molecular formula is C87H116N16O9. The van der Waals surface area contributed by atoms with E-state index in [2.05, 4.69) is 142 Å². The van der Waals surface area contributed by atoms with Crippen LogP contribution in [-0.4, -0.2) is 171 Å². The molecule has 4 saturated heterocycles. The van der Waals surface area contributed by atoms with Crippen molar-refractivity contribution in [1.82, 2.24) is 71.2 Å². The Morgan fingerprint density at radius 1 is 0.598 bits per heavy atom. The molecule has 8 heterocycles. The van der Waals surface area contributed by atoms with E-state index < -0.39 is 16.4 Å². The van der Waals surface area contributed by atoms with E-state index in [4.69, 9.17) is 24.2 Å². The molecule has 0 unspecified atom stereocenters. The predicted octanol–water partition coefficient (Wildman–Crippen LogP) is 11.4. The van der Waals surface area contributed by atoms with Crippen LogP contribution in [0.25, 0.3) is 44.3 Å². The van der Waals surface area contributed by atoms with Crippen molar-refractivity contribution in [1.29, 1.82) is 0 Å². The van der Waals surface area contributed by atoms with Crippen molar-refractivity contribution < 1.29 is 43.0 Å². The third kappa shape index (κ3) is 19.7. The van der Waals surface area contributed by atoms with Crippen LogP contribution >= 0.6 is 0 Å². The number of pyridine rings is 2. The van der Waals surface area contributed by atoms with Gasteiger partial charge in [-0.3, -0.25) is 28.9 Å². The molecular weight excluding hydrogens is 1410 g/mol. The van der Waals surface area contributed by atoms with Gasteiger partial charge >= 0.3 is 6.09 Å². The summed E-state index contributed by atoms with van der Waals surface area (Å²) in [6.45, 7) is 34.2. The molecule has 4 aromatic carbocycles. The average molecular weight is 1530 g/mol. The maximum Gasteiger partial charge on any atom is 0.410 e. The molecule has 6 aliphatic rings. The van der Waals surface area contributed by atoms with E-state index in [1.165, 1.54) is 16.7 Å². The SMILES string of the molecule is CCc1nc2c(cnn2CC)c(NC2CCOCC2)c1CNC(=O)C1(C(=O)NCc2ccc(C)c(-c3cccc(C=O)c3)c2)CC1.CCc1nc2c(cnn2CC)c(NC2CCOCC2)c1CNC(=O)C1(C(=O)NCc2ccc(C)c(-c3cccc(CN4CCNC[C@H]4C)c3)c2)CC1.C[C@@H]1CN(C(=O)OC(C)(C)C)CCN1. The van der Waals surface area contributed by atoms with Gasteiger partial charge in [0.05, 0.1) is 34.5 Å². The Bertz CT molecular complexity index is 4660. The Labute approximate surface area is 659 Å². The monoisotopic (exact) mass is 1530 g/mol. The van der Waals surface area contributed by atoms with Gasteiger partial charge in [0.15, 0.2) is 11.3 Å². The summed E-state index contributed by atoms with van der Waals surface area (Å²) in [5.41, 5.74) is 15.2. The van der Waals surface area contributed by atoms with Gasteiger partial charge in [-0.25, -0.2) is 24.1 Å². The molecule has 5 amide bonds. The number of nitrogens with zero attached hydrogens (tertiary/aromatic N) is 8. The fourth-order valence-corrected chi connectivity index (χ4v) is 15.5. The molecule has 25 nitrogen and oxygen atoms in total. The van der Waals surface area contributed by atoms with Crippen LogP contribution in [0.15, 0.2) is 97.3 Å². The van der Waals surface area contributed by atoms with Crippen molar-refractivity contribution in [3.63, 3.8) is 0 Å². The average Bonchev–Trinajstić information content (AvgIpc) is 1.64. The maximum atomic E-state index is 13.8. The number of anilines is 2. The molecule has 6 fully saturated rings. The van der Waals surface area contributed by atoms with Crippen molar-refractivity contribution in [2.75, 3.05) is 76.3 Å². The van der Waals surface area contributed by atoms with Crippen LogP contribution in [0.3, 0.4) is 0 Å². The van der Waals surface area contributed by atoms with Crippen LogP contribution in [0.4, 0.5) is 16.2 Å². The van der Waals surface area contributed by atoms with Gasteiger partial charge in [-0.2, -0.15) is 10.2 Å². The zero-order valence-electron chi connectivity index (χ0n) is 67.5. The summed E-state index contributed by atoms with van der Waals surface area (Å²) in [6, 6.07) is 30.0. The summed E-state index contributed by atoms with van der Waals surface area (Å²) in [7, 11) is 0. The van der Waals surface area contributed by atoms with Gasteiger partial charge in [-0.15, -0.1) is 0 Å². The number of piperazine rings is 2. The lowest BCUT2D eigenvalue weighted by Gasteiger charge is -2.34. The van der Waals surface area contributed by atoms with Gasteiger partial charge in [0.25, 0.3) is 0 Å². The summed E-state index contributed by atoms with van der Waals surface area (Å²) in [4.78, 5) is 91.8. The lowest BCUT2D eigenvalue weighted by molar-refractivity contribution is -0.138. The number of carbonyl (C=O) groups is 6. The van der Waals surface area contributed by atoms with Gasteiger partial charge in [0, 0.05) is 164 Å². The molecule has 8 N–H and O–H groups in total. The molecule has 4 aliphatic heterocycles. The first-order valence-electron chi connectivity index (χ1n) is 40.6. The number of aromatic nitrogens is 6. The molecule has 14 rings (SSSR count). The van der Waals surface area contributed by atoms with Crippen molar-refractivity contribution in [3.8, 4) is 22.3 Å². The fourth-order valence-electron chi connectivity index (χ4n) is 15.5. The van der Waals surface area contributed by atoms with Crippen LogP contribution in [0, 0.1) is 24.7 Å². The number of aryl methyl sites for hydroxylation is 6. The minimum atomic E-state index is -1.07. The summed E-state index contributed by atoms with van der Waals surface area (Å²) in [6.07, 6.45) is 11.5. The smallest absolute Gasteiger partial charge is 0.410 e. The lowest BCUT2D eigenvalue weighted by Crippen LogP contribution is -2.52. The highest BCUT2D eigenvalue weighted by Gasteiger charge is 2.57. The van der Waals surface area contributed by atoms with E-state index in [1.54, 1.807) is 11.0 Å². The molecule has 2 atom stereocenters. The zero-order chi connectivity index (χ0) is 79.3. The van der Waals surface area contributed by atoms with E-state index in [0.717, 1.165) is 187 Å². The maximum absolute atomic E-state index is 13.8. The fraction of sp³-hybridized carbons (Fsp3) is 0.517. The number of rotatable bonds is 25. The van der Waals surface area contributed by atoms with Crippen molar-refractivity contribution >= 4 is 69.4 Å². The minimum absolute atomic E-state index is 0.203. The Balaban J connectivity index is 0.000000178. The topological polar surface area (TPSA) is 294 Å². The first kappa shape index (κ1) is 81.8. The molecule has 112 heavy (non-hydrogen) atoms. The highest BCUT2D eigenvalue weighted by Crippen LogP contribution is 2.48. The molecule has 25 heteroatoms. The van der Waals surface area contributed by atoms with E-state index >= 15 is 0 Å². The number of nitrogens with one attached hydrogen (secondary N) is 8. The quantitative estimate of drug-likeness (QED) is 0.0195. The molecule has 8 aromatic rings. The second kappa shape index (κ2) is 36.9. The third-order valence-electron chi connectivity index (χ3n) is 22.6. The van der Waals surface area contributed by atoms with Crippen LogP contribution in [0.5, 0.6) is 0 Å². The van der Waals surface area contributed by atoms with E-state index in [1.807, 2.05) is 92.8 Å². The predicted molar refractivity (Wildman–Crippen MR) is 437 cm³/mol. The van der Waals surface area contributed by atoms with Gasteiger partial charge in [0.1, 0.15) is 22.7 Å². The van der Waals surface area contributed by atoms with Crippen molar-refractivity contribution in [3.05, 3.63) is 153 Å². The van der Waals surface area contributed by atoms with Crippen LogP contribution in [0.2, 0.25) is 0 Å². The number of ether oxygens (including phenoxy) is 3. The van der Waals surface area contributed by atoms with Crippen LogP contribution in [0.1, 0.15) is 174 Å². The zero-order valence-corrected chi connectivity index (χ0v) is 67.5. The summed E-state index contributed by atoms with van der Waals surface area (Å²) in [5, 5.41) is 37.7. The highest BCUT2D eigenvalue weighted by atomic mass is 16.6. The molecule has 0 radical (unpaired) electrons. The standard InChI is InChI=1S/C41H54N8O3.C36H42N6O4.C10H20N2O2/c1-5-36-34(37(46-32-12-18-52-19-13-32)35-25-45-49(6-2)38(35)47-36)24-44-40(51)41(14-15-41)39(50)43-23-29-11-10-27(3)33(21-29)31-9-7-8-30(20-31)26-48-17-16-42-22-28(48)4;1-4-31-29(32(40-27-11-15-46-16-12-27)30-21-39-42(5-2)33(30)41-31)20-38-35(45)36(13-14-36)34(44)37-19-24-10-9-23(3)28(18-24)26-8-6-7-25(17-26)22-43;1-8-7-12(6-5-11-8)9(13)14-10(2,3)4/h7-11,20-21,25,28,32,42H,5-6,12-19,22-24,26H2,1-4H3,(H,43,50)(H,44,51)(H,46,47);6-10,17-18,21-22,27H,4-5,11-16,19-20H2,1-3H3,(H,37,44)(H,38,45)(H,40,41);8,11H,5-7H2,1-4H3/t28-;;8-/m1.1/s1. The number of carbonyl (C=O) groups excluding carboxylic acids is 6. The normalized spacial score (nSPS) is 18.3. The summed E-state index contributed by atoms with van der Waals surface area (Å²) >= 11 is 0. The Morgan fingerprint density at radius 3 is 1.53 bits per heavy atom. The van der Waals surface area contributed by atoms with Crippen molar-refractivity contribution in [2.24, 2.45) is 10.8 Å². The van der Waals surface area contributed by atoms with Crippen LogP contribution in [-0.2, 0) is 92.0 Å². The van der Waals surface area contributed by atoms with Gasteiger partial charge in [-0.1, -0.05) is 74.5 Å². The summed E-state index contributed by atoms with van der Waals surface area (Å²) < 4.78 is 20.3. The van der Waals surface area contributed by atoms with Crippen molar-refractivity contribution in [2.45, 2.75) is 216 Å². The molecule has 0 spiro atoms. The molecule has 2 saturated carbocycles. The molecule has 4 aromatic heterocycles. The number of benzene rings is 4. The first-order chi connectivity index (χ1) is 54.0. The van der Waals surface area contributed by atoms with Gasteiger partial charge < -0.3 is 61.6 Å². The number of amides is 5. The highest BCUT2D eigenvalue weighted by molar-refractivity contribution is 6.09. The van der Waals surface area contributed by atoms with Crippen LogP contribution < -0.4 is 42.5 Å². The van der Waals surface area contributed by atoms with Gasteiger partial charge in [-0.05, 0) is 201 Å². The van der Waals surface area contributed by atoms with E-state index in [-0.39, 0.29) is 54.9 Å². The number of aldehydes is 1.